The molecule has 20 heavy (non-hydrogen) atoms. The van der Waals surface area contributed by atoms with E-state index in [1.807, 2.05) is 11.8 Å². The third-order valence-corrected chi connectivity index (χ3v) is 5.15. The predicted octanol–water partition coefficient (Wildman–Crippen LogP) is 4.85. The van der Waals surface area contributed by atoms with Gasteiger partial charge >= 0.3 is 0 Å². The SMILES string of the molecule is CCCNc1ncnc(SC2CCCCC2)c1C(C)C. The van der Waals surface area contributed by atoms with Crippen LogP contribution in [-0.2, 0) is 0 Å². The fourth-order valence-electron chi connectivity index (χ4n) is 2.72. The van der Waals surface area contributed by atoms with Gasteiger partial charge in [0, 0.05) is 17.4 Å². The number of hydrogen-bond donors (Lipinski definition) is 1. The highest BCUT2D eigenvalue weighted by atomic mass is 32.2. The van der Waals surface area contributed by atoms with Crippen molar-refractivity contribution < 1.29 is 0 Å². The minimum atomic E-state index is 0.460. The van der Waals surface area contributed by atoms with E-state index in [4.69, 9.17) is 0 Å². The molecule has 0 spiro atoms. The molecule has 1 fully saturated rings. The highest BCUT2D eigenvalue weighted by Gasteiger charge is 2.20. The van der Waals surface area contributed by atoms with Crippen LogP contribution < -0.4 is 5.32 Å². The first-order valence-corrected chi connectivity index (χ1v) is 8.85. The van der Waals surface area contributed by atoms with Crippen LogP contribution in [0.25, 0.3) is 0 Å². The summed E-state index contributed by atoms with van der Waals surface area (Å²) in [6.45, 7) is 7.63. The number of anilines is 1. The normalized spacial score (nSPS) is 16.6. The van der Waals surface area contributed by atoms with Crippen molar-refractivity contribution in [3.8, 4) is 0 Å². The summed E-state index contributed by atoms with van der Waals surface area (Å²) in [5.74, 6) is 1.50. The molecule has 0 aromatic carbocycles. The molecule has 4 heteroatoms. The largest absolute Gasteiger partial charge is 0.370 e. The van der Waals surface area contributed by atoms with E-state index in [9.17, 15) is 0 Å². The fraction of sp³-hybridized carbons (Fsp3) is 0.750. The Hall–Kier alpha value is -0.770. The van der Waals surface area contributed by atoms with E-state index in [1.165, 1.54) is 42.7 Å². The molecule has 1 N–H and O–H groups in total. The molecule has 1 saturated carbocycles. The zero-order valence-electron chi connectivity index (χ0n) is 13.0. The van der Waals surface area contributed by atoms with E-state index in [1.54, 1.807) is 6.33 Å². The Morgan fingerprint density at radius 3 is 2.65 bits per heavy atom. The maximum absolute atomic E-state index is 4.57. The van der Waals surface area contributed by atoms with E-state index in [-0.39, 0.29) is 0 Å². The first-order chi connectivity index (χ1) is 9.72. The minimum Gasteiger partial charge on any atom is -0.370 e. The van der Waals surface area contributed by atoms with Crippen LogP contribution in [0.5, 0.6) is 0 Å². The van der Waals surface area contributed by atoms with Gasteiger partial charge in [-0.05, 0) is 25.2 Å². The summed E-state index contributed by atoms with van der Waals surface area (Å²) < 4.78 is 0. The minimum absolute atomic E-state index is 0.460. The predicted molar refractivity (Wildman–Crippen MR) is 87.6 cm³/mol. The molecule has 0 unspecified atom stereocenters. The molecule has 1 aromatic heterocycles. The Kier molecular flexibility index (Phi) is 6.14. The van der Waals surface area contributed by atoms with Crippen molar-refractivity contribution in [3.63, 3.8) is 0 Å². The second-order valence-electron chi connectivity index (χ2n) is 5.90. The van der Waals surface area contributed by atoms with Crippen molar-refractivity contribution in [3.05, 3.63) is 11.9 Å². The summed E-state index contributed by atoms with van der Waals surface area (Å²) >= 11 is 1.98. The summed E-state index contributed by atoms with van der Waals surface area (Å²) in [4.78, 5) is 9.03. The zero-order chi connectivity index (χ0) is 14.4. The molecule has 3 nitrogen and oxygen atoms in total. The van der Waals surface area contributed by atoms with Crippen molar-refractivity contribution in [1.82, 2.24) is 9.97 Å². The summed E-state index contributed by atoms with van der Waals surface area (Å²) in [6.07, 6.45) is 9.66. The summed E-state index contributed by atoms with van der Waals surface area (Å²) in [5, 5.41) is 5.40. The molecule has 1 heterocycles. The number of thioether (sulfide) groups is 1. The molecular weight excluding hydrogens is 266 g/mol. The second kappa shape index (κ2) is 7.87. The van der Waals surface area contributed by atoms with Gasteiger partial charge in [-0.15, -0.1) is 11.8 Å². The Labute approximate surface area is 127 Å². The molecule has 0 amide bonds. The molecule has 0 bridgehead atoms. The van der Waals surface area contributed by atoms with Crippen molar-refractivity contribution >= 4 is 17.6 Å². The third kappa shape index (κ3) is 4.11. The highest BCUT2D eigenvalue weighted by molar-refractivity contribution is 7.99. The zero-order valence-corrected chi connectivity index (χ0v) is 13.8. The van der Waals surface area contributed by atoms with Gasteiger partial charge in [-0.2, -0.15) is 0 Å². The molecule has 1 aliphatic rings. The topological polar surface area (TPSA) is 37.8 Å². The van der Waals surface area contributed by atoms with Gasteiger partial charge in [0.2, 0.25) is 0 Å². The quantitative estimate of drug-likeness (QED) is 0.761. The maximum atomic E-state index is 4.57. The highest BCUT2D eigenvalue weighted by Crippen LogP contribution is 2.38. The van der Waals surface area contributed by atoms with Crippen molar-refractivity contribution in [1.29, 1.82) is 0 Å². The fourth-order valence-corrected chi connectivity index (χ4v) is 4.17. The first-order valence-electron chi connectivity index (χ1n) is 7.97. The van der Waals surface area contributed by atoms with Crippen LogP contribution in [-0.4, -0.2) is 21.8 Å². The smallest absolute Gasteiger partial charge is 0.133 e. The Balaban J connectivity index is 2.17. The monoisotopic (exact) mass is 293 g/mol. The van der Waals surface area contributed by atoms with Crippen LogP contribution in [0, 0.1) is 0 Å². The third-order valence-electron chi connectivity index (χ3n) is 3.80. The molecule has 1 aliphatic carbocycles. The second-order valence-corrected chi connectivity index (χ2v) is 7.19. The average Bonchev–Trinajstić information content (AvgIpc) is 2.46. The van der Waals surface area contributed by atoms with Crippen LogP contribution in [0.3, 0.4) is 0 Å². The van der Waals surface area contributed by atoms with E-state index in [0.29, 0.717) is 5.92 Å². The van der Waals surface area contributed by atoms with Crippen LogP contribution in [0.2, 0.25) is 0 Å². The number of rotatable bonds is 6. The molecule has 0 radical (unpaired) electrons. The van der Waals surface area contributed by atoms with Crippen LogP contribution in [0.4, 0.5) is 5.82 Å². The van der Waals surface area contributed by atoms with Gasteiger partial charge in [0.1, 0.15) is 17.2 Å². The lowest BCUT2D eigenvalue weighted by atomic mass is 10.0. The molecule has 2 rings (SSSR count). The molecule has 1 aromatic rings. The number of hydrogen-bond acceptors (Lipinski definition) is 4. The Bertz CT molecular complexity index is 414. The molecule has 0 aliphatic heterocycles. The van der Waals surface area contributed by atoms with E-state index < -0.39 is 0 Å². The number of aromatic nitrogens is 2. The number of nitrogens with one attached hydrogen (secondary N) is 1. The van der Waals surface area contributed by atoms with Gasteiger partial charge in [-0.25, -0.2) is 9.97 Å². The van der Waals surface area contributed by atoms with Crippen LogP contribution in [0.1, 0.15) is 70.8 Å². The maximum Gasteiger partial charge on any atom is 0.133 e. The standard InChI is InChI=1S/C16H27N3S/c1-4-10-17-15-14(12(2)3)16(19-11-18-15)20-13-8-6-5-7-9-13/h11-13H,4-10H2,1-3H3,(H,17,18,19). The van der Waals surface area contributed by atoms with Crippen molar-refractivity contribution in [2.45, 2.75) is 75.5 Å². The van der Waals surface area contributed by atoms with Gasteiger partial charge in [0.25, 0.3) is 0 Å². The van der Waals surface area contributed by atoms with E-state index in [2.05, 4.69) is 36.1 Å². The Morgan fingerprint density at radius 2 is 2.00 bits per heavy atom. The van der Waals surface area contributed by atoms with Gasteiger partial charge in [0.15, 0.2) is 0 Å². The molecule has 0 atom stereocenters. The first kappa shape index (κ1) is 15.6. The lowest BCUT2D eigenvalue weighted by Gasteiger charge is -2.23. The molecule has 0 saturated heterocycles. The van der Waals surface area contributed by atoms with Crippen LogP contribution >= 0.6 is 11.8 Å². The lowest BCUT2D eigenvalue weighted by Crippen LogP contribution is -2.12. The van der Waals surface area contributed by atoms with Crippen LogP contribution in [0.15, 0.2) is 11.4 Å². The summed E-state index contributed by atoms with van der Waals surface area (Å²) in [6, 6.07) is 0. The van der Waals surface area contributed by atoms with Crippen molar-refractivity contribution in [2.24, 2.45) is 0 Å². The van der Waals surface area contributed by atoms with E-state index >= 15 is 0 Å². The average molecular weight is 293 g/mol. The van der Waals surface area contributed by atoms with Gasteiger partial charge in [-0.3, -0.25) is 0 Å². The lowest BCUT2D eigenvalue weighted by molar-refractivity contribution is 0.515. The molecular formula is C16H27N3S. The van der Waals surface area contributed by atoms with Gasteiger partial charge < -0.3 is 5.32 Å². The summed E-state index contributed by atoms with van der Waals surface area (Å²) in [7, 11) is 0. The summed E-state index contributed by atoms with van der Waals surface area (Å²) in [5.41, 5.74) is 1.30. The van der Waals surface area contributed by atoms with Gasteiger partial charge in [-0.1, -0.05) is 40.0 Å². The van der Waals surface area contributed by atoms with Crippen molar-refractivity contribution in [2.75, 3.05) is 11.9 Å². The van der Waals surface area contributed by atoms with Gasteiger partial charge in [0.05, 0.1) is 0 Å². The Morgan fingerprint density at radius 1 is 1.25 bits per heavy atom. The van der Waals surface area contributed by atoms with E-state index in [0.717, 1.165) is 24.0 Å². The number of nitrogens with zero attached hydrogens (tertiary/aromatic N) is 2. The molecule has 112 valence electrons.